The Morgan fingerprint density at radius 2 is 1.29 bits per heavy atom. The smallest absolute Gasteiger partial charge is 0.409 e. The molecule has 0 aliphatic carbocycles. The van der Waals surface area contributed by atoms with Crippen molar-refractivity contribution in [1.29, 1.82) is 0 Å². The van der Waals surface area contributed by atoms with E-state index in [-0.39, 0.29) is 78.3 Å². The highest BCUT2D eigenvalue weighted by atomic mass is 19.1. The van der Waals surface area contributed by atoms with Gasteiger partial charge in [-0.3, -0.25) is 34.2 Å². The van der Waals surface area contributed by atoms with E-state index >= 15 is 0 Å². The van der Waals surface area contributed by atoms with E-state index in [9.17, 15) is 37.5 Å². The number of aromatic nitrogens is 2. The number of nitrogens with zero attached hydrogens (tertiary/aromatic N) is 4. The number of carbonyl (C=O) groups is 6. The number of ether oxygens (including phenoxy) is 10. The molecule has 4 aromatic rings. The number of nitrogens with two attached hydrogens (primary N) is 2. The highest BCUT2D eigenvalue weighted by Crippen LogP contribution is 2.35. The molecule has 428 valence electrons. The predicted octanol–water partition coefficient (Wildman–Crippen LogP) is 3.72. The van der Waals surface area contributed by atoms with Gasteiger partial charge in [-0.1, -0.05) is 6.07 Å². The summed E-state index contributed by atoms with van der Waals surface area (Å²) in [6.45, 7) is 6.81. The fraction of sp³-hybridized carbons (Fsp3) is 0.491. The Balaban J connectivity index is 0.623. The van der Waals surface area contributed by atoms with Gasteiger partial charge in [0.2, 0.25) is 11.8 Å². The normalized spacial score (nSPS) is 16.3. The molecule has 2 saturated heterocycles. The first-order chi connectivity index (χ1) is 38.4. The monoisotopic (exact) mass is 1110 g/mol. The molecule has 26 heteroatoms. The largest absolute Gasteiger partial charge is 0.454 e. The maximum atomic E-state index is 14.1. The molecular weight excluding hydrogens is 1040 g/mol. The number of benzene rings is 3. The number of amides is 6. The van der Waals surface area contributed by atoms with E-state index in [1.54, 1.807) is 29.2 Å². The van der Waals surface area contributed by atoms with Crippen LogP contribution in [0.25, 0.3) is 11.3 Å². The van der Waals surface area contributed by atoms with Crippen LogP contribution in [0.2, 0.25) is 0 Å². The van der Waals surface area contributed by atoms with Crippen LogP contribution in [0.5, 0.6) is 11.5 Å². The van der Waals surface area contributed by atoms with Crippen molar-refractivity contribution in [3.8, 4) is 22.8 Å². The molecule has 2 unspecified atom stereocenters. The second kappa shape index (κ2) is 30.8. The van der Waals surface area contributed by atoms with Crippen molar-refractivity contribution >= 4 is 47.1 Å². The lowest BCUT2D eigenvalue weighted by atomic mass is 10.0. The molecule has 1 aromatic heterocycles. The topological polar surface area (TPSA) is 295 Å². The number of likely N-dealkylation sites (tertiary alicyclic amines) is 1. The first-order valence-electron chi connectivity index (χ1n) is 25.9. The molecule has 0 saturated carbocycles. The SMILES string of the molecule is NC(=O)c1c(-c2ccc(Oc3ccc(F)cc3F)cc2)nn(C2CCCN(C(=O)OCCOCCOCCOCCOCCOCCOCCOCCOCCNc3cccc4c3C(=O)N(C3CCC(=O)NC3=O)C4=O)C2)c1N. The van der Waals surface area contributed by atoms with Crippen molar-refractivity contribution in [2.75, 3.05) is 143 Å². The zero-order valence-corrected chi connectivity index (χ0v) is 43.6. The van der Waals surface area contributed by atoms with Gasteiger partial charge in [-0.15, -0.1) is 0 Å². The molecule has 2 atom stereocenters. The number of imide groups is 2. The summed E-state index contributed by atoms with van der Waals surface area (Å²) in [4.78, 5) is 78.1. The number of rotatable bonds is 34. The van der Waals surface area contributed by atoms with Crippen LogP contribution in [0.3, 0.4) is 0 Å². The lowest BCUT2D eigenvalue weighted by Crippen LogP contribution is -2.54. The summed E-state index contributed by atoms with van der Waals surface area (Å²) < 4.78 is 84.2. The lowest BCUT2D eigenvalue weighted by Gasteiger charge is -2.32. The second-order valence-corrected chi connectivity index (χ2v) is 18.0. The van der Waals surface area contributed by atoms with Crippen molar-refractivity contribution in [2.24, 2.45) is 5.73 Å². The Morgan fingerprint density at radius 1 is 0.709 bits per heavy atom. The van der Waals surface area contributed by atoms with Crippen molar-refractivity contribution in [3.63, 3.8) is 0 Å². The summed E-state index contributed by atoms with van der Waals surface area (Å²) in [7, 11) is 0. The molecule has 24 nitrogen and oxygen atoms in total. The minimum atomic E-state index is -1.03. The first-order valence-corrected chi connectivity index (χ1v) is 25.9. The van der Waals surface area contributed by atoms with E-state index in [4.69, 9.17) is 58.8 Å². The highest BCUT2D eigenvalue weighted by molar-refractivity contribution is 6.25. The van der Waals surface area contributed by atoms with Crippen LogP contribution >= 0.6 is 0 Å². The minimum absolute atomic E-state index is 0.0182. The van der Waals surface area contributed by atoms with E-state index in [2.05, 4.69) is 15.7 Å². The van der Waals surface area contributed by atoms with Crippen LogP contribution in [0.1, 0.15) is 62.8 Å². The molecule has 79 heavy (non-hydrogen) atoms. The average molecular weight is 1110 g/mol. The van der Waals surface area contributed by atoms with E-state index in [0.29, 0.717) is 142 Å². The fourth-order valence-electron chi connectivity index (χ4n) is 8.70. The number of halogens is 2. The van der Waals surface area contributed by atoms with Crippen molar-refractivity contribution in [2.45, 2.75) is 37.8 Å². The van der Waals surface area contributed by atoms with Crippen LogP contribution < -0.4 is 26.8 Å². The predicted molar refractivity (Wildman–Crippen MR) is 276 cm³/mol. The number of primary amides is 1. The van der Waals surface area contributed by atoms with Gasteiger partial charge in [-0.05, 0) is 67.8 Å². The average Bonchev–Trinajstić information content (AvgIpc) is 4.13. The molecule has 4 heterocycles. The highest BCUT2D eigenvalue weighted by Gasteiger charge is 2.45. The number of nitrogens with one attached hydrogen (secondary N) is 2. The third kappa shape index (κ3) is 17.2. The van der Waals surface area contributed by atoms with Gasteiger partial charge < -0.3 is 69.1 Å². The fourth-order valence-corrected chi connectivity index (χ4v) is 8.70. The molecule has 0 spiro atoms. The zero-order valence-electron chi connectivity index (χ0n) is 43.6. The summed E-state index contributed by atoms with van der Waals surface area (Å²) in [5, 5.41) is 9.96. The number of hydrogen-bond acceptors (Lipinski definition) is 19. The number of fused-ring (bicyclic) bond motifs is 1. The molecule has 3 aromatic carbocycles. The van der Waals surface area contributed by atoms with Gasteiger partial charge in [0, 0.05) is 43.4 Å². The van der Waals surface area contributed by atoms with Crippen molar-refractivity contribution < 1.29 is 84.9 Å². The molecule has 6 amide bonds. The molecular formula is C53H66F2N8O16. The van der Waals surface area contributed by atoms with Gasteiger partial charge in [0.05, 0.1) is 123 Å². The lowest BCUT2D eigenvalue weighted by molar-refractivity contribution is -0.136. The number of piperidine rings is 2. The second-order valence-electron chi connectivity index (χ2n) is 18.0. The van der Waals surface area contributed by atoms with E-state index < -0.39 is 53.3 Å². The Morgan fingerprint density at radius 3 is 1.86 bits per heavy atom. The number of hydrogen-bond donors (Lipinski definition) is 4. The molecule has 0 radical (unpaired) electrons. The van der Waals surface area contributed by atoms with E-state index in [1.165, 1.54) is 28.9 Å². The zero-order chi connectivity index (χ0) is 55.9. The first kappa shape index (κ1) is 59.5. The van der Waals surface area contributed by atoms with Crippen molar-refractivity contribution in [1.82, 2.24) is 24.9 Å². The van der Waals surface area contributed by atoms with Crippen LogP contribution in [-0.4, -0.2) is 193 Å². The molecule has 2 fully saturated rings. The Bertz CT molecular complexity index is 2700. The summed E-state index contributed by atoms with van der Waals surface area (Å²) in [5.74, 6) is -4.45. The van der Waals surface area contributed by atoms with E-state index in [0.717, 1.165) is 11.0 Å². The summed E-state index contributed by atoms with van der Waals surface area (Å²) >= 11 is 0. The molecule has 3 aliphatic rings. The summed E-state index contributed by atoms with van der Waals surface area (Å²) in [5.41, 5.74) is 13.7. The third-order valence-corrected chi connectivity index (χ3v) is 12.5. The number of carbonyl (C=O) groups excluding carboxylic acids is 6. The molecule has 0 bridgehead atoms. The summed E-state index contributed by atoms with van der Waals surface area (Å²) in [6.07, 6.45) is 0.868. The molecule has 7 rings (SSSR count). The van der Waals surface area contributed by atoms with Crippen LogP contribution in [0.15, 0.2) is 60.7 Å². The van der Waals surface area contributed by atoms with E-state index in [1.807, 2.05) is 0 Å². The van der Waals surface area contributed by atoms with Crippen LogP contribution in [-0.2, 0) is 52.2 Å². The quantitative estimate of drug-likeness (QED) is 0.0383. The van der Waals surface area contributed by atoms with Crippen molar-refractivity contribution in [3.05, 3.63) is 89.0 Å². The standard InChI is InChI=1S/C53H66F2N8O16/c54-36-8-12-43(40(55)33-36)79-38-9-6-35(7-10-38)47-46(49(57)65)48(56)63(60-47)37-3-2-15-61(34-37)53(69)78-32-31-77-30-29-76-28-27-75-26-25-74-24-23-73-22-21-72-20-19-71-18-17-70-16-14-58-41-5-1-4-39-45(41)52(68)62(51(39)67)42-11-13-44(64)59-50(42)66/h1,4-10,12,33,37,42,58H,2-3,11,13-32,34,56H2,(H2,57,65)(H,59,64,66). The Kier molecular flexibility index (Phi) is 23.2. The van der Waals surface area contributed by atoms with Gasteiger partial charge in [0.15, 0.2) is 11.6 Å². The van der Waals surface area contributed by atoms with Crippen LogP contribution in [0.4, 0.5) is 25.1 Å². The Hall–Kier alpha value is -7.17. The number of anilines is 2. The van der Waals surface area contributed by atoms with Gasteiger partial charge in [-0.25, -0.2) is 18.3 Å². The van der Waals surface area contributed by atoms with Gasteiger partial charge in [0.25, 0.3) is 17.7 Å². The minimum Gasteiger partial charge on any atom is -0.454 e. The maximum absolute atomic E-state index is 14.1. The number of nitrogen functional groups attached to an aromatic ring is 1. The van der Waals surface area contributed by atoms with Gasteiger partial charge in [0.1, 0.15) is 41.3 Å². The maximum Gasteiger partial charge on any atom is 0.409 e. The Labute approximate surface area is 454 Å². The third-order valence-electron chi connectivity index (χ3n) is 12.5. The molecule has 6 N–H and O–H groups in total. The molecule has 3 aliphatic heterocycles. The van der Waals surface area contributed by atoms with Gasteiger partial charge in [-0.2, -0.15) is 5.10 Å². The van der Waals surface area contributed by atoms with Crippen LogP contribution in [0, 0.1) is 11.6 Å². The van der Waals surface area contributed by atoms with Gasteiger partial charge >= 0.3 is 6.09 Å². The summed E-state index contributed by atoms with van der Waals surface area (Å²) in [6, 6.07) is 12.7.